The molecule has 0 N–H and O–H groups in total. The van der Waals surface area contributed by atoms with Gasteiger partial charge in [0.05, 0.1) is 25.4 Å². The minimum atomic E-state index is 0.377. The minimum absolute atomic E-state index is 0.377. The highest BCUT2D eigenvalue weighted by atomic mass is 16.6. The molecule has 82 valence electrons. The Morgan fingerprint density at radius 2 is 1.57 bits per heavy atom. The average Bonchev–Trinajstić information content (AvgIpc) is 2.16. The summed E-state index contributed by atoms with van der Waals surface area (Å²) >= 11 is 0. The minimum Gasteiger partial charge on any atom is -0.373 e. The van der Waals surface area contributed by atoms with Crippen LogP contribution in [0.4, 0.5) is 0 Å². The lowest BCUT2D eigenvalue weighted by Crippen LogP contribution is -2.45. The number of hydrogen-bond acceptors (Lipinski definition) is 2. The Bertz CT molecular complexity index is 195. The highest BCUT2D eigenvalue weighted by Gasteiger charge is 2.38. The monoisotopic (exact) mass is 198 g/mol. The van der Waals surface area contributed by atoms with Crippen LogP contribution in [-0.4, -0.2) is 25.4 Å². The SMILES string of the molecule is CC(C)(C)C1CCC2OCCOC2C1. The predicted molar refractivity (Wildman–Crippen MR) is 56.3 cm³/mol. The van der Waals surface area contributed by atoms with Crippen molar-refractivity contribution in [3.05, 3.63) is 0 Å². The molecule has 0 aromatic rings. The molecule has 0 bridgehead atoms. The number of rotatable bonds is 0. The summed E-state index contributed by atoms with van der Waals surface area (Å²) in [6.45, 7) is 8.59. The zero-order chi connectivity index (χ0) is 10.2. The molecule has 3 atom stereocenters. The van der Waals surface area contributed by atoms with Crippen molar-refractivity contribution < 1.29 is 9.47 Å². The van der Waals surface area contributed by atoms with Crippen LogP contribution in [-0.2, 0) is 9.47 Å². The Kier molecular flexibility index (Phi) is 2.85. The topological polar surface area (TPSA) is 18.5 Å². The molecular formula is C12H22O2. The summed E-state index contributed by atoms with van der Waals surface area (Å²) in [5.74, 6) is 0.797. The summed E-state index contributed by atoms with van der Waals surface area (Å²) in [6.07, 6.45) is 4.44. The van der Waals surface area contributed by atoms with Gasteiger partial charge in [-0.2, -0.15) is 0 Å². The Hall–Kier alpha value is -0.0800. The number of hydrogen-bond donors (Lipinski definition) is 0. The molecule has 3 unspecified atom stereocenters. The molecule has 1 heterocycles. The van der Waals surface area contributed by atoms with E-state index in [2.05, 4.69) is 20.8 Å². The van der Waals surface area contributed by atoms with Crippen LogP contribution >= 0.6 is 0 Å². The highest BCUT2D eigenvalue weighted by molar-refractivity contribution is 4.88. The maximum Gasteiger partial charge on any atom is 0.0840 e. The van der Waals surface area contributed by atoms with Crippen LogP contribution < -0.4 is 0 Å². The molecule has 0 spiro atoms. The lowest BCUT2D eigenvalue weighted by molar-refractivity contribution is -0.167. The lowest BCUT2D eigenvalue weighted by atomic mass is 9.70. The van der Waals surface area contributed by atoms with Crippen LogP contribution in [0.1, 0.15) is 40.0 Å². The number of ether oxygens (including phenoxy) is 2. The van der Waals surface area contributed by atoms with Crippen LogP contribution in [0.15, 0.2) is 0 Å². The largest absolute Gasteiger partial charge is 0.373 e. The van der Waals surface area contributed by atoms with Gasteiger partial charge in [0.1, 0.15) is 0 Å². The lowest BCUT2D eigenvalue weighted by Gasteiger charge is -2.43. The van der Waals surface area contributed by atoms with Gasteiger partial charge in [-0.1, -0.05) is 20.8 Å². The Morgan fingerprint density at radius 1 is 0.929 bits per heavy atom. The third-order valence-corrected chi connectivity index (χ3v) is 3.70. The fraction of sp³-hybridized carbons (Fsp3) is 1.00. The molecule has 0 aromatic heterocycles. The molecule has 1 aliphatic heterocycles. The quantitative estimate of drug-likeness (QED) is 0.595. The summed E-state index contributed by atoms with van der Waals surface area (Å²) in [6, 6.07) is 0. The summed E-state index contributed by atoms with van der Waals surface area (Å²) in [5, 5.41) is 0. The first-order valence-corrected chi connectivity index (χ1v) is 5.80. The second-order valence-electron chi connectivity index (χ2n) is 5.69. The molecule has 1 saturated heterocycles. The zero-order valence-electron chi connectivity index (χ0n) is 9.58. The Balaban J connectivity index is 1.96. The van der Waals surface area contributed by atoms with Crippen molar-refractivity contribution in [2.75, 3.05) is 13.2 Å². The van der Waals surface area contributed by atoms with Crippen molar-refractivity contribution >= 4 is 0 Å². The van der Waals surface area contributed by atoms with E-state index in [1.54, 1.807) is 0 Å². The van der Waals surface area contributed by atoms with Gasteiger partial charge in [-0.25, -0.2) is 0 Å². The van der Waals surface area contributed by atoms with Gasteiger partial charge in [-0.05, 0) is 30.6 Å². The van der Waals surface area contributed by atoms with Crippen molar-refractivity contribution in [2.45, 2.75) is 52.2 Å². The van der Waals surface area contributed by atoms with Crippen molar-refractivity contribution in [1.82, 2.24) is 0 Å². The maximum absolute atomic E-state index is 5.78. The van der Waals surface area contributed by atoms with Crippen LogP contribution in [0.25, 0.3) is 0 Å². The average molecular weight is 198 g/mol. The normalized spacial score (nSPS) is 39.2. The van der Waals surface area contributed by atoms with E-state index < -0.39 is 0 Å². The van der Waals surface area contributed by atoms with E-state index in [0.717, 1.165) is 19.1 Å². The van der Waals surface area contributed by atoms with Crippen molar-refractivity contribution in [3.8, 4) is 0 Å². The third kappa shape index (κ3) is 2.12. The summed E-state index contributed by atoms with van der Waals surface area (Å²) < 4.78 is 11.5. The molecule has 14 heavy (non-hydrogen) atoms. The van der Waals surface area contributed by atoms with Gasteiger partial charge < -0.3 is 9.47 Å². The summed E-state index contributed by atoms with van der Waals surface area (Å²) in [5.41, 5.74) is 0.422. The molecule has 0 radical (unpaired) electrons. The molecule has 2 nitrogen and oxygen atoms in total. The van der Waals surface area contributed by atoms with Gasteiger partial charge in [-0.15, -0.1) is 0 Å². The van der Waals surface area contributed by atoms with Crippen LogP contribution in [0, 0.1) is 11.3 Å². The first kappa shape index (κ1) is 10.4. The molecule has 0 amide bonds. The Morgan fingerprint density at radius 3 is 2.21 bits per heavy atom. The molecule has 0 aromatic carbocycles. The maximum atomic E-state index is 5.78. The van der Waals surface area contributed by atoms with Crippen molar-refractivity contribution in [2.24, 2.45) is 11.3 Å². The first-order valence-electron chi connectivity index (χ1n) is 5.80. The second kappa shape index (κ2) is 3.82. The first-order chi connectivity index (χ1) is 6.57. The Labute approximate surface area is 87.0 Å². The molecule has 2 rings (SSSR count). The van der Waals surface area contributed by atoms with Gasteiger partial charge in [0, 0.05) is 0 Å². The standard InChI is InChI=1S/C12H22O2/c1-12(2,3)9-4-5-10-11(8-9)14-7-6-13-10/h9-11H,4-8H2,1-3H3. The van der Waals surface area contributed by atoms with E-state index in [9.17, 15) is 0 Å². The highest BCUT2D eigenvalue weighted by Crippen LogP contribution is 2.40. The molecule has 1 saturated carbocycles. The van der Waals surface area contributed by atoms with Crippen LogP contribution in [0.5, 0.6) is 0 Å². The van der Waals surface area contributed by atoms with E-state index in [-0.39, 0.29) is 0 Å². The molecule has 2 fully saturated rings. The van der Waals surface area contributed by atoms with Gasteiger partial charge >= 0.3 is 0 Å². The summed E-state index contributed by atoms with van der Waals surface area (Å²) in [4.78, 5) is 0. The zero-order valence-corrected chi connectivity index (χ0v) is 9.58. The molecule has 2 heteroatoms. The van der Waals surface area contributed by atoms with Crippen LogP contribution in [0.2, 0.25) is 0 Å². The molecule has 1 aliphatic carbocycles. The molecule has 2 aliphatic rings. The second-order valence-corrected chi connectivity index (χ2v) is 5.69. The predicted octanol–water partition coefficient (Wildman–Crippen LogP) is 2.62. The molecular weight excluding hydrogens is 176 g/mol. The van der Waals surface area contributed by atoms with E-state index in [4.69, 9.17) is 9.47 Å². The van der Waals surface area contributed by atoms with E-state index >= 15 is 0 Å². The number of fused-ring (bicyclic) bond motifs is 1. The van der Waals surface area contributed by atoms with Gasteiger partial charge in [0.15, 0.2) is 0 Å². The summed E-state index contributed by atoms with van der Waals surface area (Å²) in [7, 11) is 0. The third-order valence-electron chi connectivity index (χ3n) is 3.70. The van der Waals surface area contributed by atoms with Gasteiger partial charge in [-0.3, -0.25) is 0 Å². The van der Waals surface area contributed by atoms with Crippen molar-refractivity contribution in [1.29, 1.82) is 0 Å². The fourth-order valence-corrected chi connectivity index (χ4v) is 2.65. The van der Waals surface area contributed by atoms with Crippen molar-refractivity contribution in [3.63, 3.8) is 0 Å². The van der Waals surface area contributed by atoms with Gasteiger partial charge in [0.2, 0.25) is 0 Å². The fourth-order valence-electron chi connectivity index (χ4n) is 2.65. The van der Waals surface area contributed by atoms with Crippen LogP contribution in [0.3, 0.4) is 0 Å². The van der Waals surface area contributed by atoms with E-state index in [0.29, 0.717) is 17.6 Å². The van der Waals surface area contributed by atoms with E-state index in [1.165, 1.54) is 19.3 Å². The van der Waals surface area contributed by atoms with E-state index in [1.807, 2.05) is 0 Å². The van der Waals surface area contributed by atoms with Gasteiger partial charge in [0.25, 0.3) is 0 Å². The smallest absolute Gasteiger partial charge is 0.0840 e.